The molecule has 1 aliphatic carbocycles. The molecule has 0 unspecified atom stereocenters. The van der Waals surface area contributed by atoms with Gasteiger partial charge in [0, 0.05) is 33.6 Å². The summed E-state index contributed by atoms with van der Waals surface area (Å²) >= 11 is 0. The summed E-state index contributed by atoms with van der Waals surface area (Å²) in [7, 11) is 0. The molecule has 354 valence electrons. The highest BCUT2D eigenvalue weighted by molar-refractivity contribution is 5.98. The minimum absolute atomic E-state index is 0.514. The molecular weight excluding hydrogens is 909 g/mol. The van der Waals surface area contributed by atoms with Crippen LogP contribution in [0.2, 0.25) is 0 Å². The first-order valence-corrected chi connectivity index (χ1v) is 25.6. The normalized spacial score (nSPS) is 12.2. The van der Waals surface area contributed by atoms with E-state index in [9.17, 15) is 0 Å². The predicted molar refractivity (Wildman–Crippen MR) is 308 cm³/mol. The number of pyridine rings is 1. The van der Waals surface area contributed by atoms with Crippen molar-refractivity contribution in [3.05, 3.63) is 301 Å². The van der Waals surface area contributed by atoms with E-state index in [4.69, 9.17) is 19.9 Å². The second-order valence-electron chi connectivity index (χ2n) is 19.4. The SMILES string of the molecule is Cc1ccc(-c2ccc(-c3nc(-c4ccc(-c5c(-c6ccccc6)cc(-c6ccccc6)cc5-c5ccccc5)cc4)nc(-c4ccc(C5(c6ccccc6)c6ccccc6-c6ccccc65)cc4)n3)cc2)c(C)n1. The Morgan fingerprint density at radius 2 is 0.627 bits per heavy atom. The molecule has 10 aromatic carbocycles. The third kappa shape index (κ3) is 8.14. The fourth-order valence-electron chi connectivity index (χ4n) is 11.4. The first-order chi connectivity index (χ1) is 37.0. The van der Waals surface area contributed by atoms with Gasteiger partial charge >= 0.3 is 0 Å². The molecule has 0 saturated heterocycles. The number of benzene rings is 10. The number of fused-ring (bicyclic) bond motifs is 3. The summed E-state index contributed by atoms with van der Waals surface area (Å²) < 4.78 is 0. The van der Waals surface area contributed by atoms with Gasteiger partial charge in [0.2, 0.25) is 0 Å². The molecule has 0 fully saturated rings. The number of rotatable bonds is 10. The third-order valence-corrected chi connectivity index (χ3v) is 14.9. The van der Waals surface area contributed by atoms with Crippen molar-refractivity contribution in [1.29, 1.82) is 0 Å². The Kier molecular flexibility index (Phi) is 11.5. The van der Waals surface area contributed by atoms with Crippen LogP contribution in [0.3, 0.4) is 0 Å². The lowest BCUT2D eigenvalue weighted by Gasteiger charge is -2.34. The van der Waals surface area contributed by atoms with Gasteiger partial charge in [0.05, 0.1) is 5.41 Å². The Morgan fingerprint density at radius 1 is 0.253 bits per heavy atom. The highest BCUT2D eigenvalue weighted by Gasteiger charge is 2.45. The van der Waals surface area contributed by atoms with Crippen LogP contribution in [0.5, 0.6) is 0 Å². The van der Waals surface area contributed by atoms with Crippen molar-refractivity contribution in [2.45, 2.75) is 19.3 Å². The van der Waals surface area contributed by atoms with Crippen molar-refractivity contribution in [2.24, 2.45) is 0 Å². The fourth-order valence-corrected chi connectivity index (χ4v) is 11.4. The van der Waals surface area contributed by atoms with Crippen LogP contribution in [0, 0.1) is 13.8 Å². The van der Waals surface area contributed by atoms with Crippen LogP contribution in [0.1, 0.15) is 33.6 Å². The van der Waals surface area contributed by atoms with Crippen LogP contribution in [0.25, 0.3) is 101 Å². The lowest BCUT2D eigenvalue weighted by atomic mass is 9.67. The minimum atomic E-state index is -0.514. The largest absolute Gasteiger partial charge is 0.258 e. The van der Waals surface area contributed by atoms with Crippen LogP contribution in [-0.2, 0) is 5.41 Å². The van der Waals surface area contributed by atoms with Crippen LogP contribution < -0.4 is 0 Å². The molecule has 12 aromatic rings. The zero-order valence-electron chi connectivity index (χ0n) is 41.7. The summed E-state index contributed by atoms with van der Waals surface area (Å²) in [6.07, 6.45) is 0. The number of aryl methyl sites for hydroxylation is 2. The van der Waals surface area contributed by atoms with E-state index in [1.165, 1.54) is 44.5 Å². The van der Waals surface area contributed by atoms with E-state index in [1.54, 1.807) is 0 Å². The average Bonchev–Trinajstić information content (AvgIpc) is 3.80. The monoisotopic (exact) mass is 958 g/mol. The topological polar surface area (TPSA) is 51.6 Å². The maximum Gasteiger partial charge on any atom is 0.164 e. The van der Waals surface area contributed by atoms with Crippen molar-refractivity contribution in [1.82, 2.24) is 19.9 Å². The van der Waals surface area contributed by atoms with Crippen molar-refractivity contribution in [2.75, 3.05) is 0 Å². The van der Waals surface area contributed by atoms with Crippen LogP contribution in [-0.4, -0.2) is 19.9 Å². The predicted octanol–water partition coefficient (Wildman–Crippen LogP) is 17.6. The molecular formula is C71H50N4. The Labute approximate surface area is 438 Å². The molecule has 0 aliphatic heterocycles. The molecule has 4 nitrogen and oxygen atoms in total. The molecule has 2 aromatic heterocycles. The molecule has 0 N–H and O–H groups in total. The quantitative estimate of drug-likeness (QED) is 0.137. The molecule has 0 radical (unpaired) electrons. The molecule has 2 heterocycles. The van der Waals surface area contributed by atoms with E-state index in [0.717, 1.165) is 72.6 Å². The number of hydrogen-bond donors (Lipinski definition) is 0. The first kappa shape index (κ1) is 45.2. The maximum absolute atomic E-state index is 5.31. The van der Waals surface area contributed by atoms with E-state index in [-0.39, 0.29) is 0 Å². The summed E-state index contributed by atoms with van der Waals surface area (Å²) in [6, 6.07) is 95.7. The summed E-state index contributed by atoms with van der Waals surface area (Å²) in [5.74, 6) is 1.80. The van der Waals surface area contributed by atoms with Crippen molar-refractivity contribution in [3.63, 3.8) is 0 Å². The fraction of sp³-hybridized carbons (Fsp3) is 0.0423. The van der Waals surface area contributed by atoms with Crippen molar-refractivity contribution >= 4 is 0 Å². The minimum Gasteiger partial charge on any atom is -0.258 e. The van der Waals surface area contributed by atoms with E-state index in [2.05, 4.69) is 274 Å². The molecule has 1 aliphatic rings. The van der Waals surface area contributed by atoms with E-state index >= 15 is 0 Å². The van der Waals surface area contributed by atoms with Crippen LogP contribution >= 0.6 is 0 Å². The highest BCUT2D eigenvalue weighted by Crippen LogP contribution is 2.56. The Morgan fingerprint density at radius 3 is 1.11 bits per heavy atom. The molecule has 0 bridgehead atoms. The van der Waals surface area contributed by atoms with Gasteiger partial charge in [-0.05, 0) is 115 Å². The number of aromatic nitrogens is 4. The smallest absolute Gasteiger partial charge is 0.164 e. The molecule has 0 saturated carbocycles. The number of nitrogens with zero attached hydrogens (tertiary/aromatic N) is 4. The molecule has 0 atom stereocenters. The van der Waals surface area contributed by atoms with E-state index < -0.39 is 5.41 Å². The second-order valence-corrected chi connectivity index (χ2v) is 19.4. The van der Waals surface area contributed by atoms with Gasteiger partial charge in [0.15, 0.2) is 17.5 Å². The molecule has 13 rings (SSSR count). The van der Waals surface area contributed by atoms with Gasteiger partial charge in [-0.2, -0.15) is 0 Å². The molecule has 75 heavy (non-hydrogen) atoms. The lowest BCUT2D eigenvalue weighted by Crippen LogP contribution is -2.28. The number of hydrogen-bond acceptors (Lipinski definition) is 4. The zero-order chi connectivity index (χ0) is 50.3. The lowest BCUT2D eigenvalue weighted by molar-refractivity contribution is 0.768. The van der Waals surface area contributed by atoms with E-state index in [1.807, 2.05) is 6.92 Å². The zero-order valence-corrected chi connectivity index (χ0v) is 41.7. The van der Waals surface area contributed by atoms with Crippen molar-refractivity contribution in [3.8, 4) is 101 Å². The molecule has 4 heteroatoms. The van der Waals surface area contributed by atoms with Gasteiger partial charge in [-0.1, -0.05) is 249 Å². The first-order valence-electron chi connectivity index (χ1n) is 25.6. The molecule has 0 amide bonds. The summed E-state index contributed by atoms with van der Waals surface area (Å²) in [5.41, 5.74) is 23.1. The Bertz CT molecular complexity index is 3920. The van der Waals surface area contributed by atoms with Gasteiger partial charge < -0.3 is 0 Å². The third-order valence-electron chi connectivity index (χ3n) is 14.9. The van der Waals surface area contributed by atoms with Gasteiger partial charge in [-0.25, -0.2) is 15.0 Å². The van der Waals surface area contributed by atoms with Gasteiger partial charge in [-0.3, -0.25) is 4.98 Å². The molecule has 0 spiro atoms. The highest BCUT2D eigenvalue weighted by atomic mass is 15.0. The standard InChI is InChI=1S/C71H50N4/c1-47-31-44-60(48(2)72-47)52-32-36-54(37-33-52)68-73-69(75-70(74-68)56-40-42-59(43-41-56)71(58-25-13-6-14-26-58)65-29-17-15-27-61(65)62-28-16-18-30-66(62)71)55-38-34-53(35-39-55)67-63(50-21-9-4-10-22-50)45-57(49-19-7-3-8-20-49)46-64(67)51-23-11-5-12-24-51/h3-46H,1-2H3. The van der Waals surface area contributed by atoms with E-state index in [0.29, 0.717) is 17.5 Å². The Balaban J connectivity index is 0.951. The van der Waals surface area contributed by atoms with Gasteiger partial charge in [-0.15, -0.1) is 0 Å². The summed E-state index contributed by atoms with van der Waals surface area (Å²) in [4.78, 5) is 20.6. The van der Waals surface area contributed by atoms with Gasteiger partial charge in [0.1, 0.15) is 0 Å². The van der Waals surface area contributed by atoms with Crippen LogP contribution in [0.4, 0.5) is 0 Å². The summed E-state index contributed by atoms with van der Waals surface area (Å²) in [6.45, 7) is 4.09. The average molecular weight is 959 g/mol. The van der Waals surface area contributed by atoms with Crippen molar-refractivity contribution < 1.29 is 0 Å². The second kappa shape index (κ2) is 19.1. The summed E-state index contributed by atoms with van der Waals surface area (Å²) in [5, 5.41) is 0. The van der Waals surface area contributed by atoms with Crippen LogP contribution in [0.15, 0.2) is 267 Å². The Hall–Kier alpha value is -9.64. The maximum atomic E-state index is 5.31. The van der Waals surface area contributed by atoms with Gasteiger partial charge in [0.25, 0.3) is 0 Å².